The summed E-state index contributed by atoms with van der Waals surface area (Å²) in [5, 5.41) is 11.7. The van der Waals surface area contributed by atoms with Crippen LogP contribution in [-0.4, -0.2) is 28.8 Å². The number of halogens is 1. The predicted octanol–water partition coefficient (Wildman–Crippen LogP) is 4.28. The molecule has 0 saturated carbocycles. The standard InChI is InChI=1S/C23H19FN2O4/c24-14-9-10-20(25-12-14)21(11-22(27)28)26-23(29)30-13-19-17-7-3-1-5-15(17)16-6-2-4-8-18(16)19/h1-10,12,19,21H,11,13H2,(H,26,29)(H,27,28). The van der Waals surface area contributed by atoms with Gasteiger partial charge in [0.15, 0.2) is 0 Å². The largest absolute Gasteiger partial charge is 0.481 e. The Kier molecular flexibility index (Phi) is 5.43. The van der Waals surface area contributed by atoms with Crippen LogP contribution in [0.3, 0.4) is 0 Å². The minimum Gasteiger partial charge on any atom is -0.481 e. The third kappa shape index (κ3) is 4.00. The van der Waals surface area contributed by atoms with Gasteiger partial charge in [0.05, 0.1) is 24.4 Å². The molecule has 0 fully saturated rings. The van der Waals surface area contributed by atoms with Crippen LogP contribution in [0, 0.1) is 5.82 Å². The highest BCUT2D eigenvalue weighted by Crippen LogP contribution is 2.44. The van der Waals surface area contributed by atoms with Gasteiger partial charge in [0.1, 0.15) is 12.4 Å². The third-order valence-corrected chi connectivity index (χ3v) is 5.12. The molecule has 152 valence electrons. The molecule has 4 rings (SSSR count). The molecule has 0 aliphatic heterocycles. The van der Waals surface area contributed by atoms with Crippen LogP contribution < -0.4 is 5.32 Å². The Bertz CT molecular complexity index is 1040. The molecular formula is C23H19FN2O4. The number of aliphatic carboxylic acids is 1. The monoisotopic (exact) mass is 406 g/mol. The van der Waals surface area contributed by atoms with Gasteiger partial charge in [-0.1, -0.05) is 48.5 Å². The van der Waals surface area contributed by atoms with Gasteiger partial charge in [-0.2, -0.15) is 0 Å². The van der Waals surface area contributed by atoms with Gasteiger partial charge in [0.2, 0.25) is 0 Å². The van der Waals surface area contributed by atoms with Crippen LogP contribution in [0.15, 0.2) is 66.9 Å². The first kappa shape index (κ1) is 19.6. The average Bonchev–Trinajstić information content (AvgIpc) is 3.06. The van der Waals surface area contributed by atoms with Gasteiger partial charge in [-0.3, -0.25) is 9.78 Å². The number of aromatic nitrogens is 1. The number of carboxylic acid groups (broad SMARTS) is 1. The maximum absolute atomic E-state index is 13.1. The van der Waals surface area contributed by atoms with Crippen LogP contribution in [0.25, 0.3) is 11.1 Å². The first-order valence-corrected chi connectivity index (χ1v) is 9.47. The maximum atomic E-state index is 13.1. The van der Waals surface area contributed by atoms with Crippen molar-refractivity contribution in [3.05, 3.63) is 89.5 Å². The first-order chi connectivity index (χ1) is 14.5. The summed E-state index contributed by atoms with van der Waals surface area (Å²) in [6.07, 6.45) is -0.180. The minimum atomic E-state index is -1.12. The predicted molar refractivity (Wildman–Crippen MR) is 107 cm³/mol. The highest BCUT2D eigenvalue weighted by atomic mass is 19.1. The molecule has 0 bridgehead atoms. The normalized spacial score (nSPS) is 13.2. The lowest BCUT2D eigenvalue weighted by atomic mass is 9.98. The SMILES string of the molecule is O=C(O)CC(NC(=O)OCC1c2ccccc2-c2ccccc21)c1ccc(F)cn1. The second-order valence-electron chi connectivity index (χ2n) is 7.02. The summed E-state index contributed by atoms with van der Waals surface area (Å²) in [5.74, 6) is -1.77. The zero-order valence-electron chi connectivity index (χ0n) is 15.9. The Hall–Kier alpha value is -3.74. The van der Waals surface area contributed by atoms with Crippen LogP contribution in [-0.2, 0) is 9.53 Å². The highest BCUT2D eigenvalue weighted by molar-refractivity contribution is 5.79. The van der Waals surface area contributed by atoms with E-state index in [1.165, 1.54) is 6.07 Å². The molecule has 30 heavy (non-hydrogen) atoms. The first-order valence-electron chi connectivity index (χ1n) is 9.47. The topological polar surface area (TPSA) is 88.5 Å². The summed E-state index contributed by atoms with van der Waals surface area (Å²) >= 11 is 0. The number of ether oxygens (including phenoxy) is 1. The number of carbonyl (C=O) groups is 2. The summed E-state index contributed by atoms with van der Waals surface area (Å²) in [6.45, 7) is 0.108. The Morgan fingerprint density at radius 3 is 2.23 bits per heavy atom. The number of nitrogens with one attached hydrogen (secondary N) is 1. The Balaban J connectivity index is 1.47. The Morgan fingerprint density at radius 1 is 1.03 bits per heavy atom. The molecule has 1 amide bonds. The minimum absolute atomic E-state index is 0.106. The fraction of sp³-hybridized carbons (Fsp3) is 0.174. The van der Waals surface area contributed by atoms with Gasteiger partial charge in [0, 0.05) is 5.92 Å². The van der Waals surface area contributed by atoms with E-state index in [0.29, 0.717) is 0 Å². The number of rotatable bonds is 6. The van der Waals surface area contributed by atoms with Crippen molar-refractivity contribution in [1.29, 1.82) is 0 Å². The van der Waals surface area contributed by atoms with Crippen molar-refractivity contribution < 1.29 is 23.8 Å². The van der Waals surface area contributed by atoms with Gasteiger partial charge < -0.3 is 15.2 Å². The molecule has 1 unspecified atom stereocenters. The van der Waals surface area contributed by atoms with Crippen LogP contribution in [0.4, 0.5) is 9.18 Å². The van der Waals surface area contributed by atoms with Crippen LogP contribution in [0.2, 0.25) is 0 Å². The van der Waals surface area contributed by atoms with E-state index in [4.69, 9.17) is 9.84 Å². The molecule has 1 atom stereocenters. The van der Waals surface area contributed by atoms with E-state index >= 15 is 0 Å². The molecule has 0 spiro atoms. The molecule has 7 heteroatoms. The summed E-state index contributed by atoms with van der Waals surface area (Å²) in [4.78, 5) is 27.5. The molecule has 2 N–H and O–H groups in total. The number of nitrogens with zero attached hydrogens (tertiary/aromatic N) is 1. The van der Waals surface area contributed by atoms with Crippen molar-refractivity contribution in [2.45, 2.75) is 18.4 Å². The average molecular weight is 406 g/mol. The van der Waals surface area contributed by atoms with E-state index in [2.05, 4.69) is 10.3 Å². The van der Waals surface area contributed by atoms with Crippen LogP contribution in [0.1, 0.15) is 35.2 Å². The van der Waals surface area contributed by atoms with Crippen molar-refractivity contribution in [2.24, 2.45) is 0 Å². The van der Waals surface area contributed by atoms with E-state index in [1.54, 1.807) is 0 Å². The lowest BCUT2D eigenvalue weighted by Crippen LogP contribution is -2.32. The molecule has 3 aromatic rings. The smallest absolute Gasteiger partial charge is 0.407 e. The van der Waals surface area contributed by atoms with Gasteiger partial charge in [-0.25, -0.2) is 9.18 Å². The summed E-state index contributed by atoms with van der Waals surface area (Å²) in [6, 6.07) is 17.5. The molecule has 1 heterocycles. The number of benzene rings is 2. The lowest BCUT2D eigenvalue weighted by Gasteiger charge is -2.18. The fourth-order valence-electron chi connectivity index (χ4n) is 3.78. The molecule has 0 radical (unpaired) electrons. The number of carbonyl (C=O) groups excluding carboxylic acids is 1. The number of fused-ring (bicyclic) bond motifs is 3. The Labute approximate surface area is 172 Å². The van der Waals surface area contributed by atoms with Crippen LogP contribution in [0.5, 0.6) is 0 Å². The van der Waals surface area contributed by atoms with Crippen molar-refractivity contribution in [3.63, 3.8) is 0 Å². The number of hydrogen-bond donors (Lipinski definition) is 2. The summed E-state index contributed by atoms with van der Waals surface area (Å²) < 4.78 is 18.6. The maximum Gasteiger partial charge on any atom is 0.407 e. The van der Waals surface area contributed by atoms with Crippen molar-refractivity contribution >= 4 is 12.1 Å². The molecular weight excluding hydrogens is 387 g/mol. The number of hydrogen-bond acceptors (Lipinski definition) is 4. The fourth-order valence-corrected chi connectivity index (χ4v) is 3.78. The van der Waals surface area contributed by atoms with E-state index in [9.17, 15) is 14.0 Å². The zero-order chi connectivity index (χ0) is 21.1. The van der Waals surface area contributed by atoms with Crippen LogP contribution >= 0.6 is 0 Å². The second kappa shape index (κ2) is 8.32. The molecule has 1 aliphatic carbocycles. The number of amides is 1. The summed E-state index contributed by atoms with van der Waals surface area (Å²) in [5.41, 5.74) is 4.62. The molecule has 6 nitrogen and oxygen atoms in total. The lowest BCUT2D eigenvalue weighted by molar-refractivity contribution is -0.137. The van der Waals surface area contributed by atoms with E-state index in [0.717, 1.165) is 34.5 Å². The highest BCUT2D eigenvalue weighted by Gasteiger charge is 2.29. The van der Waals surface area contributed by atoms with Gasteiger partial charge in [-0.05, 0) is 34.4 Å². The molecule has 1 aliphatic rings. The van der Waals surface area contributed by atoms with Gasteiger partial charge in [0.25, 0.3) is 0 Å². The molecule has 0 saturated heterocycles. The summed E-state index contributed by atoms with van der Waals surface area (Å²) in [7, 11) is 0. The zero-order valence-corrected chi connectivity index (χ0v) is 15.9. The second-order valence-corrected chi connectivity index (χ2v) is 7.02. The third-order valence-electron chi connectivity index (χ3n) is 5.12. The van der Waals surface area contributed by atoms with Crippen molar-refractivity contribution in [1.82, 2.24) is 10.3 Å². The quantitative estimate of drug-likeness (QED) is 0.638. The van der Waals surface area contributed by atoms with E-state index < -0.39 is 30.3 Å². The van der Waals surface area contributed by atoms with Crippen molar-refractivity contribution in [2.75, 3.05) is 6.61 Å². The van der Waals surface area contributed by atoms with Gasteiger partial charge >= 0.3 is 12.1 Å². The molecule has 2 aromatic carbocycles. The number of pyridine rings is 1. The van der Waals surface area contributed by atoms with E-state index in [-0.39, 0.29) is 18.2 Å². The Morgan fingerprint density at radius 2 is 1.67 bits per heavy atom. The number of carboxylic acids is 1. The van der Waals surface area contributed by atoms with E-state index in [1.807, 2.05) is 48.5 Å². The molecule has 1 aromatic heterocycles. The number of alkyl carbamates (subject to hydrolysis) is 1. The van der Waals surface area contributed by atoms with Gasteiger partial charge in [-0.15, -0.1) is 0 Å². The van der Waals surface area contributed by atoms with Crippen molar-refractivity contribution in [3.8, 4) is 11.1 Å².